The van der Waals surface area contributed by atoms with E-state index in [0.717, 1.165) is 11.1 Å². The van der Waals surface area contributed by atoms with Crippen molar-refractivity contribution in [1.82, 2.24) is 5.43 Å². The van der Waals surface area contributed by atoms with Gasteiger partial charge in [0.1, 0.15) is 23.7 Å². The van der Waals surface area contributed by atoms with Crippen LogP contribution in [0.4, 0.5) is 10.1 Å². The van der Waals surface area contributed by atoms with Crippen LogP contribution in [0, 0.1) is 12.7 Å². The number of ether oxygens (including phenoxy) is 1. The minimum Gasteiger partial charge on any atom is -0.488 e. The molecule has 1 aliphatic heterocycles. The molecule has 1 N–H and O–H groups in total. The second-order valence-corrected chi connectivity index (χ2v) is 6.93. The number of hydrogen-bond donors (Lipinski definition) is 1. The van der Waals surface area contributed by atoms with Gasteiger partial charge in [0, 0.05) is 5.56 Å². The number of aryl methyl sites for hydroxylation is 1. The van der Waals surface area contributed by atoms with E-state index in [1.54, 1.807) is 42.5 Å². The summed E-state index contributed by atoms with van der Waals surface area (Å²) in [6, 6.07) is 20.5. The summed E-state index contributed by atoms with van der Waals surface area (Å²) in [4.78, 5) is 25.3. The number of carbonyl (C=O) groups is 2. The minimum absolute atomic E-state index is 0.0242. The summed E-state index contributed by atoms with van der Waals surface area (Å²) in [5.41, 5.74) is 5.57. The molecule has 2 amide bonds. The van der Waals surface area contributed by atoms with E-state index in [1.807, 2.05) is 25.1 Å². The molecule has 0 unspecified atom stereocenters. The Hall–Kier alpha value is -3.93. The Morgan fingerprint density at radius 2 is 1.73 bits per heavy atom. The Kier molecular flexibility index (Phi) is 5.30. The standard InChI is InChI=1S/C24H19FN2O3/c1-16-7-12-22(30-15-17-8-10-19(25)11-9-17)18(13-16)14-21-23(28)26-27(24(21)29)20-5-3-2-4-6-20/h2-14H,15H2,1H3,(H,26,28). The third kappa shape index (κ3) is 4.07. The Morgan fingerprint density at radius 3 is 2.47 bits per heavy atom. The van der Waals surface area contributed by atoms with E-state index < -0.39 is 11.8 Å². The Bertz CT molecular complexity index is 1120. The molecule has 150 valence electrons. The summed E-state index contributed by atoms with van der Waals surface area (Å²) in [6.45, 7) is 2.15. The van der Waals surface area contributed by atoms with Crippen LogP contribution in [0.2, 0.25) is 0 Å². The zero-order valence-electron chi connectivity index (χ0n) is 16.3. The molecule has 4 rings (SSSR count). The van der Waals surface area contributed by atoms with Crippen LogP contribution in [0.15, 0.2) is 78.4 Å². The molecule has 1 saturated heterocycles. The van der Waals surface area contributed by atoms with Gasteiger partial charge in [-0.2, -0.15) is 0 Å². The van der Waals surface area contributed by atoms with Crippen LogP contribution in [-0.2, 0) is 16.2 Å². The Morgan fingerprint density at radius 1 is 1.00 bits per heavy atom. The van der Waals surface area contributed by atoms with Gasteiger partial charge in [-0.05, 0) is 55.0 Å². The maximum absolute atomic E-state index is 13.1. The molecule has 0 spiro atoms. The summed E-state index contributed by atoms with van der Waals surface area (Å²) < 4.78 is 19.0. The monoisotopic (exact) mass is 402 g/mol. The van der Waals surface area contributed by atoms with E-state index in [4.69, 9.17) is 4.74 Å². The zero-order valence-corrected chi connectivity index (χ0v) is 16.3. The Balaban J connectivity index is 1.61. The first kappa shape index (κ1) is 19.4. The fourth-order valence-electron chi connectivity index (χ4n) is 3.13. The number of rotatable bonds is 5. The summed E-state index contributed by atoms with van der Waals surface area (Å²) in [5, 5.41) is 1.23. The Labute approximate surface area is 173 Å². The highest BCUT2D eigenvalue weighted by molar-refractivity contribution is 6.31. The van der Waals surface area contributed by atoms with Crippen LogP contribution in [0.5, 0.6) is 5.75 Å². The summed E-state index contributed by atoms with van der Waals surface area (Å²) in [5.74, 6) is -0.698. The summed E-state index contributed by atoms with van der Waals surface area (Å²) in [6.07, 6.45) is 1.54. The molecular weight excluding hydrogens is 383 g/mol. The second kappa shape index (κ2) is 8.21. The SMILES string of the molecule is Cc1ccc(OCc2ccc(F)cc2)c(C=C2C(=O)NN(c3ccccc3)C2=O)c1. The lowest BCUT2D eigenvalue weighted by Gasteiger charge is -2.14. The van der Waals surface area contributed by atoms with E-state index in [-0.39, 0.29) is 18.0 Å². The van der Waals surface area contributed by atoms with Gasteiger partial charge in [-0.3, -0.25) is 15.0 Å². The molecule has 3 aromatic carbocycles. The molecular formula is C24H19FN2O3. The van der Waals surface area contributed by atoms with Crippen molar-refractivity contribution in [1.29, 1.82) is 0 Å². The third-order valence-corrected chi connectivity index (χ3v) is 4.68. The normalized spacial score (nSPS) is 14.9. The number of nitrogens with one attached hydrogen (secondary N) is 1. The highest BCUT2D eigenvalue weighted by Crippen LogP contribution is 2.27. The quantitative estimate of drug-likeness (QED) is 0.515. The molecule has 1 heterocycles. The van der Waals surface area contributed by atoms with Gasteiger partial charge in [-0.1, -0.05) is 42.0 Å². The molecule has 0 aliphatic carbocycles. The lowest BCUT2D eigenvalue weighted by molar-refractivity contribution is -0.117. The van der Waals surface area contributed by atoms with Crippen molar-refractivity contribution in [2.75, 3.05) is 5.01 Å². The molecule has 3 aromatic rings. The van der Waals surface area contributed by atoms with Crippen molar-refractivity contribution in [3.63, 3.8) is 0 Å². The van der Waals surface area contributed by atoms with Crippen molar-refractivity contribution >= 4 is 23.6 Å². The van der Waals surface area contributed by atoms with Gasteiger partial charge in [0.05, 0.1) is 5.69 Å². The van der Waals surface area contributed by atoms with Crippen molar-refractivity contribution in [3.8, 4) is 5.75 Å². The van der Waals surface area contributed by atoms with Crippen LogP contribution >= 0.6 is 0 Å². The molecule has 0 bridgehead atoms. The average Bonchev–Trinajstić information content (AvgIpc) is 3.03. The minimum atomic E-state index is -0.477. The highest BCUT2D eigenvalue weighted by atomic mass is 19.1. The number of carbonyl (C=O) groups excluding carboxylic acids is 2. The topological polar surface area (TPSA) is 58.6 Å². The summed E-state index contributed by atoms with van der Waals surface area (Å²) >= 11 is 0. The average molecular weight is 402 g/mol. The van der Waals surface area contributed by atoms with Crippen LogP contribution in [0.1, 0.15) is 16.7 Å². The molecule has 0 atom stereocenters. The predicted molar refractivity (Wildman–Crippen MR) is 112 cm³/mol. The predicted octanol–water partition coefficient (Wildman–Crippen LogP) is 4.17. The maximum atomic E-state index is 13.1. The second-order valence-electron chi connectivity index (χ2n) is 6.93. The zero-order chi connectivity index (χ0) is 21.1. The van der Waals surface area contributed by atoms with E-state index in [2.05, 4.69) is 5.43 Å². The highest BCUT2D eigenvalue weighted by Gasteiger charge is 2.34. The number of amides is 2. The van der Waals surface area contributed by atoms with E-state index in [1.165, 1.54) is 23.2 Å². The van der Waals surface area contributed by atoms with Gasteiger partial charge in [0.15, 0.2) is 0 Å². The molecule has 0 aromatic heterocycles. The van der Waals surface area contributed by atoms with Crippen LogP contribution in [0.25, 0.3) is 6.08 Å². The molecule has 1 aliphatic rings. The first-order chi connectivity index (χ1) is 14.5. The van der Waals surface area contributed by atoms with Gasteiger partial charge < -0.3 is 4.74 Å². The number of para-hydroxylation sites is 1. The van der Waals surface area contributed by atoms with E-state index in [0.29, 0.717) is 17.0 Å². The number of nitrogens with zero attached hydrogens (tertiary/aromatic N) is 1. The van der Waals surface area contributed by atoms with Gasteiger partial charge in [-0.15, -0.1) is 0 Å². The van der Waals surface area contributed by atoms with E-state index >= 15 is 0 Å². The van der Waals surface area contributed by atoms with E-state index in [9.17, 15) is 14.0 Å². The van der Waals surface area contributed by atoms with Crippen LogP contribution < -0.4 is 15.2 Å². The van der Waals surface area contributed by atoms with Crippen molar-refractivity contribution < 1.29 is 18.7 Å². The largest absolute Gasteiger partial charge is 0.488 e. The van der Waals surface area contributed by atoms with Gasteiger partial charge in [0.2, 0.25) is 0 Å². The molecule has 0 radical (unpaired) electrons. The van der Waals surface area contributed by atoms with Gasteiger partial charge in [-0.25, -0.2) is 9.40 Å². The maximum Gasteiger partial charge on any atom is 0.282 e. The first-order valence-corrected chi connectivity index (χ1v) is 9.41. The summed E-state index contributed by atoms with van der Waals surface area (Å²) in [7, 11) is 0. The molecule has 5 nitrogen and oxygen atoms in total. The number of anilines is 1. The number of halogens is 1. The fourth-order valence-corrected chi connectivity index (χ4v) is 3.13. The van der Waals surface area contributed by atoms with Crippen LogP contribution in [-0.4, -0.2) is 11.8 Å². The molecule has 0 saturated carbocycles. The number of hydrazine groups is 1. The molecule has 30 heavy (non-hydrogen) atoms. The van der Waals surface area contributed by atoms with Crippen molar-refractivity contribution in [2.24, 2.45) is 0 Å². The van der Waals surface area contributed by atoms with Gasteiger partial charge in [0.25, 0.3) is 11.8 Å². The first-order valence-electron chi connectivity index (χ1n) is 9.41. The lowest BCUT2D eigenvalue weighted by atomic mass is 10.1. The third-order valence-electron chi connectivity index (χ3n) is 4.68. The van der Waals surface area contributed by atoms with Gasteiger partial charge >= 0.3 is 0 Å². The lowest BCUT2D eigenvalue weighted by Crippen LogP contribution is -2.35. The van der Waals surface area contributed by atoms with Crippen molar-refractivity contribution in [3.05, 3.63) is 101 Å². The smallest absolute Gasteiger partial charge is 0.282 e. The molecule has 6 heteroatoms. The number of hydrogen-bond acceptors (Lipinski definition) is 3. The van der Waals surface area contributed by atoms with Crippen LogP contribution in [0.3, 0.4) is 0 Å². The van der Waals surface area contributed by atoms with Crippen molar-refractivity contribution in [2.45, 2.75) is 13.5 Å². The number of benzene rings is 3. The fraction of sp³-hybridized carbons (Fsp3) is 0.0833. The molecule has 1 fully saturated rings.